The maximum Gasteiger partial charge on any atom is 0.316 e. The molecule has 40 heavy (non-hydrogen) atoms. The van der Waals surface area contributed by atoms with Gasteiger partial charge in [0.15, 0.2) is 0 Å². The van der Waals surface area contributed by atoms with Crippen molar-refractivity contribution in [2.75, 3.05) is 7.11 Å². The molecule has 5 fully saturated rings. The second-order valence-corrected chi connectivity index (χ2v) is 14.2. The van der Waals surface area contributed by atoms with E-state index in [4.69, 9.17) is 23.7 Å². The van der Waals surface area contributed by atoms with E-state index in [2.05, 4.69) is 0 Å². The Bertz CT molecular complexity index is 1280. The minimum absolute atomic E-state index is 0.245. The maximum atomic E-state index is 14.3. The first-order valence-electron chi connectivity index (χ1n) is 14.1. The molecule has 11 unspecified atom stereocenters. The first-order chi connectivity index (χ1) is 18.4. The summed E-state index contributed by atoms with van der Waals surface area (Å²) < 4.78 is 30.4. The molecule has 11 atom stereocenters. The average Bonchev–Trinajstić information content (AvgIpc) is 3.26. The van der Waals surface area contributed by atoms with Gasteiger partial charge in [0, 0.05) is 36.0 Å². The molecular formula is C30H40O10. The first-order valence-corrected chi connectivity index (χ1v) is 14.1. The van der Waals surface area contributed by atoms with Gasteiger partial charge >= 0.3 is 23.9 Å². The number of methoxy groups -OCH3 is 1. The van der Waals surface area contributed by atoms with Crippen molar-refractivity contribution >= 4 is 23.9 Å². The Hall–Kier alpha value is -2.46. The summed E-state index contributed by atoms with van der Waals surface area (Å²) in [5, 5.41) is 12.2. The molecule has 2 heterocycles. The van der Waals surface area contributed by atoms with Gasteiger partial charge in [-0.1, -0.05) is 39.3 Å². The lowest BCUT2D eigenvalue weighted by molar-refractivity contribution is -0.258. The summed E-state index contributed by atoms with van der Waals surface area (Å²) in [6, 6.07) is 0. The third-order valence-electron chi connectivity index (χ3n) is 12.4. The molecular weight excluding hydrogens is 520 g/mol. The second kappa shape index (κ2) is 7.48. The van der Waals surface area contributed by atoms with Crippen LogP contribution in [0.4, 0.5) is 0 Å². The Kier molecular flexibility index (Phi) is 5.18. The number of aliphatic hydroxyl groups is 1. The van der Waals surface area contributed by atoms with E-state index in [0.717, 1.165) is 0 Å². The van der Waals surface area contributed by atoms with Crippen molar-refractivity contribution in [2.45, 2.75) is 110 Å². The molecule has 4 aliphatic carbocycles. The number of rotatable bonds is 3. The van der Waals surface area contributed by atoms with E-state index in [1.807, 2.05) is 40.7 Å². The van der Waals surface area contributed by atoms with Gasteiger partial charge in [-0.05, 0) is 33.1 Å². The highest BCUT2D eigenvalue weighted by Crippen LogP contribution is 2.86. The normalized spacial score (nSPS) is 52.6. The Morgan fingerprint density at radius 3 is 2.25 bits per heavy atom. The van der Waals surface area contributed by atoms with Crippen molar-refractivity contribution in [3.8, 4) is 0 Å². The summed E-state index contributed by atoms with van der Waals surface area (Å²) in [6.45, 7) is 13.8. The van der Waals surface area contributed by atoms with Crippen molar-refractivity contribution in [3.05, 3.63) is 11.6 Å². The number of hydrogen-bond donors (Lipinski definition) is 1. The molecule has 6 rings (SSSR count). The van der Waals surface area contributed by atoms with Crippen molar-refractivity contribution < 1.29 is 48.0 Å². The molecule has 0 aromatic carbocycles. The van der Waals surface area contributed by atoms with Crippen LogP contribution in [0, 0.1) is 33.0 Å². The summed E-state index contributed by atoms with van der Waals surface area (Å²) in [6.07, 6.45) is -0.399. The van der Waals surface area contributed by atoms with Crippen LogP contribution in [0.15, 0.2) is 11.6 Å². The van der Waals surface area contributed by atoms with E-state index in [1.165, 1.54) is 27.9 Å². The molecule has 0 spiro atoms. The van der Waals surface area contributed by atoms with Crippen LogP contribution in [-0.4, -0.2) is 71.7 Å². The van der Waals surface area contributed by atoms with Gasteiger partial charge in [-0.2, -0.15) is 0 Å². The molecule has 4 bridgehead atoms. The van der Waals surface area contributed by atoms with E-state index in [0.29, 0.717) is 18.4 Å². The number of ether oxygens (including phenoxy) is 5. The van der Waals surface area contributed by atoms with Crippen LogP contribution < -0.4 is 0 Å². The summed E-state index contributed by atoms with van der Waals surface area (Å²) in [5.41, 5.74) is -8.18. The number of hydrogen-bond acceptors (Lipinski definition) is 10. The molecule has 0 radical (unpaired) electrons. The molecule has 0 aromatic rings. The third kappa shape index (κ3) is 2.41. The zero-order chi connectivity index (χ0) is 29.6. The molecule has 2 aliphatic heterocycles. The molecule has 1 N–H and O–H groups in total. The molecule has 3 saturated carbocycles. The van der Waals surface area contributed by atoms with Crippen molar-refractivity contribution in [1.82, 2.24) is 0 Å². The van der Waals surface area contributed by atoms with Gasteiger partial charge in [-0.3, -0.25) is 19.2 Å². The lowest BCUT2D eigenvalue weighted by atomic mass is 9.33. The van der Waals surface area contributed by atoms with Gasteiger partial charge in [0.25, 0.3) is 0 Å². The third-order valence-corrected chi connectivity index (χ3v) is 12.4. The zero-order valence-electron chi connectivity index (χ0n) is 24.7. The molecule has 0 aromatic heterocycles. The Labute approximate surface area is 234 Å². The van der Waals surface area contributed by atoms with Crippen LogP contribution in [0.2, 0.25) is 0 Å². The van der Waals surface area contributed by atoms with E-state index in [9.17, 15) is 24.3 Å². The molecule has 6 aliphatic rings. The van der Waals surface area contributed by atoms with Crippen LogP contribution in [0.5, 0.6) is 0 Å². The fourth-order valence-corrected chi connectivity index (χ4v) is 11.2. The van der Waals surface area contributed by atoms with Crippen molar-refractivity contribution in [1.29, 1.82) is 0 Å². The SMILES string of the molecule is COC(=O)C12C3OC4(C=C(C)C1(C)C(OC(C)=O)C3(C)O)C13CCC(OC(C)=O)C(C)(C)C1C(CC42C)OC3=O. The smallest absolute Gasteiger partial charge is 0.316 e. The quantitative estimate of drug-likeness (QED) is 0.312. The largest absolute Gasteiger partial charge is 0.468 e. The Morgan fingerprint density at radius 1 is 1.05 bits per heavy atom. The highest BCUT2D eigenvalue weighted by Gasteiger charge is 2.97. The second-order valence-electron chi connectivity index (χ2n) is 14.2. The molecule has 2 saturated heterocycles. The van der Waals surface area contributed by atoms with E-state index in [-0.39, 0.29) is 12.4 Å². The monoisotopic (exact) mass is 560 g/mol. The highest BCUT2D eigenvalue weighted by atomic mass is 16.6. The number of carbonyl (C=O) groups is 4. The van der Waals surface area contributed by atoms with Crippen LogP contribution in [0.25, 0.3) is 0 Å². The maximum absolute atomic E-state index is 14.3. The van der Waals surface area contributed by atoms with Crippen LogP contribution in [0.1, 0.15) is 74.7 Å². The van der Waals surface area contributed by atoms with Gasteiger partial charge in [0.2, 0.25) is 0 Å². The van der Waals surface area contributed by atoms with Gasteiger partial charge in [0.05, 0.1) is 7.11 Å². The van der Waals surface area contributed by atoms with Crippen LogP contribution in [0.3, 0.4) is 0 Å². The zero-order valence-corrected chi connectivity index (χ0v) is 24.7. The lowest BCUT2D eigenvalue weighted by Gasteiger charge is -2.67. The molecule has 0 amide bonds. The summed E-state index contributed by atoms with van der Waals surface area (Å²) >= 11 is 0. The van der Waals surface area contributed by atoms with Gasteiger partial charge in [-0.15, -0.1) is 0 Å². The van der Waals surface area contributed by atoms with Gasteiger partial charge in [-0.25, -0.2) is 0 Å². The molecule has 10 heteroatoms. The van der Waals surface area contributed by atoms with Crippen molar-refractivity contribution in [3.63, 3.8) is 0 Å². The molecule has 220 valence electrons. The van der Waals surface area contributed by atoms with E-state index in [1.54, 1.807) is 0 Å². The highest BCUT2D eigenvalue weighted by molar-refractivity contribution is 5.89. The van der Waals surface area contributed by atoms with Crippen molar-refractivity contribution in [2.24, 2.45) is 33.0 Å². The van der Waals surface area contributed by atoms with Gasteiger partial charge < -0.3 is 28.8 Å². The predicted molar refractivity (Wildman–Crippen MR) is 137 cm³/mol. The van der Waals surface area contributed by atoms with Crippen LogP contribution in [-0.2, 0) is 42.9 Å². The lowest BCUT2D eigenvalue weighted by Crippen LogP contribution is -2.75. The Morgan fingerprint density at radius 2 is 1.68 bits per heavy atom. The molecule has 10 nitrogen and oxygen atoms in total. The number of carbonyl (C=O) groups excluding carboxylic acids is 4. The topological polar surface area (TPSA) is 135 Å². The van der Waals surface area contributed by atoms with E-state index < -0.39 is 86.5 Å². The fourth-order valence-electron chi connectivity index (χ4n) is 11.2. The summed E-state index contributed by atoms with van der Waals surface area (Å²) in [7, 11) is 1.31. The minimum Gasteiger partial charge on any atom is -0.468 e. The van der Waals surface area contributed by atoms with Crippen LogP contribution >= 0.6 is 0 Å². The minimum atomic E-state index is -1.79. The van der Waals surface area contributed by atoms with Gasteiger partial charge in [0.1, 0.15) is 46.4 Å². The summed E-state index contributed by atoms with van der Waals surface area (Å²) in [5.74, 6) is -2.35. The standard InChI is InChI=1S/C30H40O10/c1-14-12-29-25(6,13-17-19-24(4,5)18(37-15(2)31)10-11-28(19,29)22(33)39-17)30(23(34)36-9)21(40-29)27(8,35)20(26(14,30)7)38-16(3)32/h12,17-21,35H,10-11,13H2,1-9H3. The van der Waals surface area contributed by atoms with E-state index >= 15 is 0 Å². The first kappa shape index (κ1) is 27.7. The fraction of sp³-hybridized carbons (Fsp3) is 0.800. The average molecular weight is 561 g/mol. The summed E-state index contributed by atoms with van der Waals surface area (Å²) in [4.78, 5) is 53.0. The Balaban J connectivity index is 1.67. The number of esters is 4. The predicted octanol–water partition coefficient (Wildman–Crippen LogP) is 2.64.